The third kappa shape index (κ3) is 4.68. The number of fused-ring (bicyclic) bond motifs is 1. The second kappa shape index (κ2) is 9.71. The van der Waals surface area contributed by atoms with Gasteiger partial charge in [0, 0.05) is 24.8 Å². The molecule has 1 saturated heterocycles. The Hall–Kier alpha value is -4.42. The monoisotopic (exact) mass is 546 g/mol. The molecule has 0 saturated carbocycles. The molecule has 39 heavy (non-hydrogen) atoms. The fourth-order valence-corrected chi connectivity index (χ4v) is 5.18. The Morgan fingerprint density at radius 3 is 2.79 bits per heavy atom. The standard InChI is InChI=1S/C26H24ClFN10O/c27-21-4-1-3-20(36-21)26(30)5-2-6-37(12-26)19-10-31-18(15-7-17(28)25(39)32-9-15)8-16(19)11-38-14-35-22-23(29)33-13-34-24(22)38/h1,3-4,7-10,13-14H,2,5-6,11-12,30H2,(H,32,39)(H2,29,33,34). The van der Waals surface area contributed by atoms with Gasteiger partial charge in [0.05, 0.1) is 41.7 Å². The number of hydrogen-bond donors (Lipinski definition) is 3. The van der Waals surface area contributed by atoms with Crippen molar-refractivity contribution < 1.29 is 9.50 Å². The van der Waals surface area contributed by atoms with Gasteiger partial charge in [-0.2, -0.15) is 0 Å². The fraction of sp³-hybridized carbons (Fsp3) is 0.231. The zero-order valence-corrected chi connectivity index (χ0v) is 21.4. The lowest BCUT2D eigenvalue weighted by molar-refractivity contribution is 0.345. The summed E-state index contributed by atoms with van der Waals surface area (Å²) in [4.78, 5) is 27.8. The van der Waals surface area contributed by atoms with Crippen LogP contribution >= 0.6 is 11.6 Å². The van der Waals surface area contributed by atoms with E-state index in [2.05, 4.69) is 34.8 Å². The van der Waals surface area contributed by atoms with Crippen LogP contribution in [-0.4, -0.2) is 52.7 Å². The molecule has 5 N–H and O–H groups in total. The topological polar surface area (TPSA) is 158 Å². The van der Waals surface area contributed by atoms with Gasteiger partial charge in [-0.05, 0) is 42.7 Å². The van der Waals surface area contributed by atoms with Crippen LogP contribution in [0, 0.1) is 5.82 Å². The lowest BCUT2D eigenvalue weighted by atomic mass is 9.86. The number of aromatic hydroxyl groups is 1. The summed E-state index contributed by atoms with van der Waals surface area (Å²) in [7, 11) is 0. The summed E-state index contributed by atoms with van der Waals surface area (Å²) in [5.41, 5.74) is 16.6. The molecule has 1 unspecified atom stereocenters. The average Bonchev–Trinajstić information content (AvgIpc) is 3.34. The first-order chi connectivity index (χ1) is 18.8. The molecule has 0 aromatic carbocycles. The largest absolute Gasteiger partial charge is 0.491 e. The minimum atomic E-state index is -0.828. The first kappa shape index (κ1) is 24.9. The van der Waals surface area contributed by atoms with Crippen molar-refractivity contribution in [3.05, 3.63) is 77.6 Å². The van der Waals surface area contributed by atoms with Crippen LogP contribution in [0.3, 0.4) is 0 Å². The summed E-state index contributed by atoms with van der Waals surface area (Å²) in [5, 5.41) is 9.94. The molecular formula is C26H24ClFN10O. The van der Waals surface area contributed by atoms with Crippen molar-refractivity contribution in [1.82, 2.24) is 34.5 Å². The molecule has 0 amide bonds. The van der Waals surface area contributed by atoms with E-state index in [-0.39, 0.29) is 5.82 Å². The third-order valence-corrected chi connectivity index (χ3v) is 7.15. The van der Waals surface area contributed by atoms with Gasteiger partial charge in [0.25, 0.3) is 0 Å². The summed E-state index contributed by atoms with van der Waals surface area (Å²) in [6.07, 6.45) is 7.75. The van der Waals surface area contributed by atoms with Gasteiger partial charge in [0.15, 0.2) is 17.3 Å². The highest BCUT2D eigenvalue weighted by molar-refractivity contribution is 6.29. The molecule has 0 aliphatic carbocycles. The van der Waals surface area contributed by atoms with Gasteiger partial charge >= 0.3 is 0 Å². The maximum absolute atomic E-state index is 14.1. The van der Waals surface area contributed by atoms with Crippen molar-refractivity contribution in [2.24, 2.45) is 5.73 Å². The second-order valence-electron chi connectivity index (χ2n) is 9.56. The lowest BCUT2D eigenvalue weighted by Crippen LogP contribution is -2.52. The molecular weight excluding hydrogens is 523 g/mol. The normalized spacial score (nSPS) is 17.6. The highest BCUT2D eigenvalue weighted by atomic mass is 35.5. The third-order valence-electron chi connectivity index (χ3n) is 6.94. The maximum atomic E-state index is 14.1. The van der Waals surface area contributed by atoms with Gasteiger partial charge in [-0.1, -0.05) is 17.7 Å². The smallest absolute Gasteiger partial charge is 0.247 e. The first-order valence-corrected chi connectivity index (χ1v) is 12.6. The molecule has 0 spiro atoms. The molecule has 6 heterocycles. The zero-order valence-electron chi connectivity index (χ0n) is 20.7. The van der Waals surface area contributed by atoms with Crippen molar-refractivity contribution in [3.63, 3.8) is 0 Å². The summed E-state index contributed by atoms with van der Waals surface area (Å²) in [6, 6.07) is 8.53. The van der Waals surface area contributed by atoms with E-state index < -0.39 is 17.2 Å². The predicted octanol–water partition coefficient (Wildman–Crippen LogP) is 3.26. The Kier molecular flexibility index (Phi) is 6.20. The van der Waals surface area contributed by atoms with E-state index in [9.17, 15) is 9.50 Å². The van der Waals surface area contributed by atoms with Crippen molar-refractivity contribution in [1.29, 1.82) is 0 Å². The zero-order chi connectivity index (χ0) is 27.1. The number of rotatable bonds is 5. The van der Waals surface area contributed by atoms with Gasteiger partial charge in [-0.25, -0.2) is 29.3 Å². The number of anilines is 2. The SMILES string of the molecule is Nc1ncnc2c1ncn2Cc1cc(-c2cnc(O)c(F)c2)ncc1N1CCCC(N)(c2cccc(Cl)n2)C1. The minimum Gasteiger partial charge on any atom is -0.491 e. The molecule has 1 atom stereocenters. The highest BCUT2D eigenvalue weighted by Gasteiger charge is 2.35. The van der Waals surface area contributed by atoms with Crippen LogP contribution in [0.25, 0.3) is 22.4 Å². The first-order valence-electron chi connectivity index (χ1n) is 12.2. The molecule has 5 aromatic rings. The van der Waals surface area contributed by atoms with Gasteiger partial charge in [-0.15, -0.1) is 0 Å². The minimum absolute atomic E-state index is 0.290. The molecule has 1 fully saturated rings. The molecule has 13 heteroatoms. The van der Waals surface area contributed by atoms with E-state index in [1.807, 2.05) is 22.8 Å². The van der Waals surface area contributed by atoms with Crippen LogP contribution in [0.4, 0.5) is 15.9 Å². The Morgan fingerprint density at radius 2 is 1.97 bits per heavy atom. The van der Waals surface area contributed by atoms with E-state index >= 15 is 0 Å². The number of aromatic nitrogens is 7. The number of piperidine rings is 1. The molecule has 198 valence electrons. The number of halogens is 2. The number of nitrogens with zero attached hydrogens (tertiary/aromatic N) is 8. The number of imidazole rings is 1. The van der Waals surface area contributed by atoms with Gasteiger partial charge < -0.3 is 26.0 Å². The Balaban J connectivity index is 1.42. The molecule has 0 bridgehead atoms. The van der Waals surface area contributed by atoms with Crippen LogP contribution in [-0.2, 0) is 12.1 Å². The average molecular weight is 547 g/mol. The molecule has 11 nitrogen and oxygen atoms in total. The Labute approximate surface area is 227 Å². The van der Waals surface area contributed by atoms with Crippen molar-refractivity contribution in [2.75, 3.05) is 23.7 Å². The number of nitrogens with two attached hydrogens (primary N) is 2. The number of pyridine rings is 3. The predicted molar refractivity (Wildman–Crippen MR) is 144 cm³/mol. The number of nitrogen functional groups attached to an aromatic ring is 1. The molecule has 5 aromatic heterocycles. The molecule has 6 rings (SSSR count). The Bertz CT molecular complexity index is 1700. The van der Waals surface area contributed by atoms with E-state index in [0.717, 1.165) is 36.3 Å². The van der Waals surface area contributed by atoms with Crippen LogP contribution in [0.1, 0.15) is 24.1 Å². The summed E-state index contributed by atoms with van der Waals surface area (Å²) in [6.45, 7) is 1.61. The summed E-state index contributed by atoms with van der Waals surface area (Å²) >= 11 is 6.17. The van der Waals surface area contributed by atoms with E-state index in [0.29, 0.717) is 40.7 Å². The summed E-state index contributed by atoms with van der Waals surface area (Å²) in [5.74, 6) is -1.20. The van der Waals surface area contributed by atoms with E-state index in [1.54, 1.807) is 18.6 Å². The van der Waals surface area contributed by atoms with Crippen LogP contribution in [0.5, 0.6) is 5.88 Å². The van der Waals surface area contributed by atoms with E-state index in [4.69, 9.17) is 23.1 Å². The fourth-order valence-electron chi connectivity index (χ4n) is 5.01. The van der Waals surface area contributed by atoms with Crippen molar-refractivity contribution in [3.8, 4) is 17.1 Å². The van der Waals surface area contributed by atoms with Crippen molar-refractivity contribution >= 4 is 34.3 Å². The summed E-state index contributed by atoms with van der Waals surface area (Å²) < 4.78 is 16.0. The molecule has 1 aliphatic rings. The Morgan fingerprint density at radius 1 is 1.10 bits per heavy atom. The van der Waals surface area contributed by atoms with Crippen LogP contribution in [0.15, 0.2) is 55.4 Å². The van der Waals surface area contributed by atoms with Crippen LogP contribution < -0.4 is 16.4 Å². The van der Waals surface area contributed by atoms with Crippen LogP contribution in [0.2, 0.25) is 5.15 Å². The molecule has 1 aliphatic heterocycles. The number of hydrogen-bond acceptors (Lipinski definition) is 10. The molecule has 0 radical (unpaired) electrons. The van der Waals surface area contributed by atoms with Gasteiger partial charge in [0.1, 0.15) is 17.0 Å². The van der Waals surface area contributed by atoms with Gasteiger partial charge in [0.2, 0.25) is 5.88 Å². The van der Waals surface area contributed by atoms with Gasteiger partial charge in [-0.3, -0.25) is 4.98 Å². The van der Waals surface area contributed by atoms with Crippen molar-refractivity contribution in [2.45, 2.75) is 24.9 Å². The second-order valence-corrected chi connectivity index (χ2v) is 9.95. The van der Waals surface area contributed by atoms with E-state index in [1.165, 1.54) is 18.6 Å². The lowest BCUT2D eigenvalue weighted by Gasteiger charge is -2.41. The quantitative estimate of drug-likeness (QED) is 0.279. The highest BCUT2D eigenvalue weighted by Crippen LogP contribution is 2.35. The maximum Gasteiger partial charge on any atom is 0.247 e.